The molecule has 0 radical (unpaired) electrons. The maximum absolute atomic E-state index is 6.98. The van der Waals surface area contributed by atoms with Crippen LogP contribution in [0.15, 0.2) is 54.6 Å². The first-order valence-electron chi connectivity index (χ1n) is 5.99. The zero-order valence-electron chi connectivity index (χ0n) is 10.5. The number of hydrogen-bond donors (Lipinski definition) is 1. The summed E-state index contributed by atoms with van der Waals surface area (Å²) >= 11 is -3.95. The van der Waals surface area contributed by atoms with Crippen molar-refractivity contribution in [2.24, 2.45) is 0 Å². The van der Waals surface area contributed by atoms with E-state index in [0.717, 1.165) is 9.50 Å². The zero-order chi connectivity index (χ0) is 13.3. The van der Waals surface area contributed by atoms with Crippen LogP contribution >= 0.6 is 18.6 Å². The van der Waals surface area contributed by atoms with Crippen LogP contribution in [0.4, 0.5) is 5.69 Å². The van der Waals surface area contributed by atoms with E-state index in [1.54, 1.807) is 0 Å². The number of anilines is 1. The van der Waals surface area contributed by atoms with E-state index in [2.05, 4.69) is 16.0 Å². The topological polar surface area (TPSA) is 12.0 Å². The second kappa shape index (κ2) is 4.98. The van der Waals surface area contributed by atoms with Crippen LogP contribution in [0.25, 0.3) is 0 Å². The van der Waals surface area contributed by atoms with Gasteiger partial charge in [0.15, 0.2) is 0 Å². The average Bonchev–Trinajstić information content (AvgIpc) is 2.84. The molecule has 0 bridgehead atoms. The molecule has 1 N–H and O–H groups in total. The van der Waals surface area contributed by atoms with Crippen LogP contribution in [0.5, 0.6) is 0 Å². The summed E-state index contributed by atoms with van der Waals surface area (Å²) in [6.45, 7) is 4.04. The first-order chi connectivity index (χ1) is 8.42. The van der Waals surface area contributed by atoms with Crippen LogP contribution in [0, 0.1) is 0 Å². The molecule has 0 fully saturated rings. The van der Waals surface area contributed by atoms with Crippen LogP contribution in [0.3, 0.4) is 0 Å². The molecule has 2 rings (SSSR count). The van der Waals surface area contributed by atoms with Crippen molar-refractivity contribution in [2.45, 2.75) is 18.1 Å². The van der Waals surface area contributed by atoms with Gasteiger partial charge in [0.05, 0.1) is 0 Å². The van der Waals surface area contributed by atoms with Crippen molar-refractivity contribution < 1.29 is 13.0 Å². The molecule has 0 unspecified atom stereocenters. The van der Waals surface area contributed by atoms with Gasteiger partial charge in [0.2, 0.25) is 0 Å². The third-order valence-corrected chi connectivity index (χ3v) is 15.8. The second-order valence-corrected chi connectivity index (χ2v) is 18.5. The molecule has 0 saturated heterocycles. The number of allylic oxidation sites excluding steroid dienone is 4. The third kappa shape index (κ3) is 2.51. The van der Waals surface area contributed by atoms with E-state index >= 15 is 0 Å². The van der Waals surface area contributed by atoms with E-state index in [1.807, 2.05) is 56.3 Å². The predicted molar refractivity (Wildman–Crippen MR) is 80.2 cm³/mol. The minimum atomic E-state index is -3.95. The molecule has 18 heavy (non-hydrogen) atoms. The van der Waals surface area contributed by atoms with Gasteiger partial charge >= 0.3 is 118 Å². The van der Waals surface area contributed by atoms with E-state index in [9.17, 15) is 0 Å². The quantitative estimate of drug-likeness (QED) is 0.761. The molecular weight excluding hydrogens is 301 g/mol. The number of benzene rings is 1. The zero-order valence-corrected chi connectivity index (χ0v) is 13.6. The maximum atomic E-state index is 6.98. The molecule has 1 aromatic carbocycles. The molecule has 0 atom stereocenters. The van der Waals surface area contributed by atoms with Gasteiger partial charge in [0.1, 0.15) is 0 Å². The molecule has 0 saturated carbocycles. The third-order valence-electron chi connectivity index (χ3n) is 3.40. The summed E-state index contributed by atoms with van der Waals surface area (Å²) in [5.41, 5.74) is 0.981. The van der Waals surface area contributed by atoms with Gasteiger partial charge in [-0.15, -0.1) is 0 Å². The van der Waals surface area contributed by atoms with E-state index in [1.165, 1.54) is 0 Å². The van der Waals surface area contributed by atoms with Crippen LogP contribution in [-0.2, 0) is 13.0 Å². The van der Waals surface area contributed by atoms with Crippen molar-refractivity contribution in [1.29, 1.82) is 0 Å². The fourth-order valence-electron chi connectivity index (χ4n) is 2.10. The molecule has 1 aliphatic rings. The van der Waals surface area contributed by atoms with E-state index in [4.69, 9.17) is 18.6 Å². The summed E-state index contributed by atoms with van der Waals surface area (Å²) in [6, 6.07) is 9.94. The van der Waals surface area contributed by atoms with Gasteiger partial charge in [-0.25, -0.2) is 0 Å². The molecule has 0 amide bonds. The van der Waals surface area contributed by atoms with Crippen molar-refractivity contribution in [2.75, 3.05) is 3.80 Å². The van der Waals surface area contributed by atoms with Crippen molar-refractivity contribution in [3.8, 4) is 0 Å². The molecular formula is C14H17Cl2NTi. The Hall–Kier alpha value is -0.336. The SMILES string of the molecule is C[C](C)=[Ti]([Cl])([Cl])([NH]c1ccccc1)[CH]1C=CC=C1. The molecule has 0 aromatic heterocycles. The van der Waals surface area contributed by atoms with Crippen LogP contribution < -0.4 is 3.80 Å². The van der Waals surface area contributed by atoms with Gasteiger partial charge in [0, 0.05) is 0 Å². The summed E-state index contributed by atoms with van der Waals surface area (Å²) in [6.07, 6.45) is 8.18. The standard InChI is InChI=1S/C6H6N.C5H5.C3H6.2ClH.Ti/c7-6-4-2-1-3-5-6;1-2-4-5-3-1;1-3-2;;;/h1-5,7H;1-5H;1-2H3;2*1H;/q-1;;;;;+3/p-2. The van der Waals surface area contributed by atoms with Crippen LogP contribution in [0.1, 0.15) is 13.8 Å². The summed E-state index contributed by atoms with van der Waals surface area (Å²) in [7, 11) is 14.0. The van der Waals surface area contributed by atoms with Crippen molar-refractivity contribution in [3.05, 3.63) is 54.6 Å². The number of hydrogen-bond acceptors (Lipinski definition) is 1. The number of para-hydroxylation sites is 1. The summed E-state index contributed by atoms with van der Waals surface area (Å²) in [4.78, 5) is 0. The Balaban J connectivity index is 2.49. The second-order valence-electron chi connectivity index (χ2n) is 4.87. The van der Waals surface area contributed by atoms with Crippen molar-refractivity contribution in [1.82, 2.24) is 0 Å². The van der Waals surface area contributed by atoms with E-state index in [0.29, 0.717) is 0 Å². The van der Waals surface area contributed by atoms with Gasteiger partial charge in [-0.3, -0.25) is 0 Å². The normalized spacial score (nSPS) is 16.1. The Bertz CT molecular complexity index is 551. The molecule has 1 aromatic rings. The Kier molecular flexibility index (Phi) is 3.89. The van der Waals surface area contributed by atoms with Crippen LogP contribution in [-0.4, -0.2) is 3.81 Å². The summed E-state index contributed by atoms with van der Waals surface area (Å²) in [5.74, 6) is 0. The summed E-state index contributed by atoms with van der Waals surface area (Å²) < 4.78 is 4.65. The molecule has 1 nitrogen and oxygen atoms in total. The van der Waals surface area contributed by atoms with Gasteiger partial charge < -0.3 is 0 Å². The molecule has 0 aliphatic heterocycles. The summed E-state index contributed by atoms with van der Waals surface area (Å²) in [5, 5.41) is 0. The minimum absolute atomic E-state index is 0.0931. The van der Waals surface area contributed by atoms with Crippen LogP contribution in [0.2, 0.25) is 4.22 Å². The molecule has 0 heterocycles. The van der Waals surface area contributed by atoms with E-state index in [-0.39, 0.29) is 4.22 Å². The van der Waals surface area contributed by atoms with E-state index < -0.39 is 13.0 Å². The predicted octanol–water partition coefficient (Wildman–Crippen LogP) is 5.14. The van der Waals surface area contributed by atoms with Crippen molar-refractivity contribution in [3.63, 3.8) is 0 Å². The van der Waals surface area contributed by atoms with Gasteiger partial charge in [0.25, 0.3) is 0 Å². The Morgan fingerprint density at radius 1 is 1.06 bits per heavy atom. The average molecular weight is 318 g/mol. The molecule has 4 heteroatoms. The molecule has 1 aliphatic carbocycles. The number of nitrogens with one attached hydrogen (secondary N) is 1. The molecule has 96 valence electrons. The molecule has 0 spiro atoms. The van der Waals surface area contributed by atoms with Gasteiger partial charge in [-0.05, 0) is 0 Å². The fourth-order valence-corrected chi connectivity index (χ4v) is 8.38. The van der Waals surface area contributed by atoms with Crippen molar-refractivity contribution >= 4 is 28.1 Å². The Morgan fingerprint density at radius 3 is 2.11 bits per heavy atom. The Morgan fingerprint density at radius 2 is 1.61 bits per heavy atom. The van der Waals surface area contributed by atoms with Gasteiger partial charge in [-0.1, -0.05) is 0 Å². The fraction of sp³-hybridized carbons (Fsp3) is 0.214. The number of rotatable bonds is 3. The monoisotopic (exact) mass is 317 g/mol. The number of halogens is 2. The van der Waals surface area contributed by atoms with Gasteiger partial charge in [-0.2, -0.15) is 0 Å². The Labute approximate surface area is 117 Å². The first-order valence-corrected chi connectivity index (χ1v) is 12.8. The first kappa shape index (κ1) is 14.1.